The quantitative estimate of drug-likeness (QED) is 0.846. The van der Waals surface area contributed by atoms with Gasteiger partial charge in [0.05, 0.1) is 11.7 Å². The van der Waals surface area contributed by atoms with Crippen molar-refractivity contribution < 1.29 is 4.74 Å². The van der Waals surface area contributed by atoms with Gasteiger partial charge < -0.3 is 10.5 Å². The Balaban J connectivity index is 2.15. The van der Waals surface area contributed by atoms with E-state index in [0.717, 1.165) is 35.6 Å². The van der Waals surface area contributed by atoms with E-state index in [-0.39, 0.29) is 0 Å². The van der Waals surface area contributed by atoms with E-state index in [1.807, 2.05) is 25.1 Å². The van der Waals surface area contributed by atoms with Crippen LogP contribution in [0.5, 0.6) is 5.75 Å². The molecule has 0 spiro atoms. The maximum atomic E-state index is 6.11. The van der Waals surface area contributed by atoms with E-state index >= 15 is 0 Å². The van der Waals surface area contributed by atoms with Gasteiger partial charge >= 0.3 is 0 Å². The molecule has 1 aliphatic carbocycles. The van der Waals surface area contributed by atoms with Gasteiger partial charge in [0, 0.05) is 0 Å². The zero-order valence-electron chi connectivity index (χ0n) is 11.1. The Labute approximate surface area is 115 Å². The van der Waals surface area contributed by atoms with Gasteiger partial charge in [-0.15, -0.1) is 0 Å². The molecule has 2 N–H and O–H groups in total. The predicted octanol–water partition coefficient (Wildman–Crippen LogP) is 3.59. The Hall–Kier alpha value is -1.09. The van der Waals surface area contributed by atoms with Gasteiger partial charge in [-0.25, -0.2) is 0 Å². The van der Waals surface area contributed by atoms with E-state index in [4.69, 9.17) is 22.7 Å². The Morgan fingerprint density at radius 3 is 2.83 bits per heavy atom. The Bertz CT molecular complexity index is 444. The zero-order valence-corrected chi connectivity index (χ0v) is 11.9. The Morgan fingerprint density at radius 1 is 1.39 bits per heavy atom. The molecule has 1 fully saturated rings. The lowest BCUT2D eigenvalue weighted by Gasteiger charge is -2.28. The third-order valence-corrected chi connectivity index (χ3v) is 3.80. The molecular weight excluding hydrogens is 242 g/mol. The van der Waals surface area contributed by atoms with Crippen molar-refractivity contribution in [2.45, 2.75) is 45.6 Å². The van der Waals surface area contributed by atoms with Gasteiger partial charge in [-0.3, -0.25) is 0 Å². The molecule has 0 radical (unpaired) electrons. The minimum absolute atomic E-state index is 0.310. The average Bonchev–Trinajstić information content (AvgIpc) is 2.31. The fourth-order valence-corrected chi connectivity index (χ4v) is 2.76. The molecule has 2 atom stereocenters. The van der Waals surface area contributed by atoms with Gasteiger partial charge in [0.15, 0.2) is 0 Å². The van der Waals surface area contributed by atoms with Crippen LogP contribution in [0.15, 0.2) is 18.2 Å². The number of hydrogen-bond donors (Lipinski definition) is 1. The summed E-state index contributed by atoms with van der Waals surface area (Å²) in [5, 5.41) is 0. The van der Waals surface area contributed by atoms with Crippen molar-refractivity contribution in [3.8, 4) is 5.75 Å². The fraction of sp³-hybridized carbons (Fsp3) is 0.533. The molecule has 2 unspecified atom stereocenters. The zero-order chi connectivity index (χ0) is 13.1. The Morgan fingerprint density at radius 2 is 2.17 bits per heavy atom. The monoisotopic (exact) mass is 263 g/mol. The van der Waals surface area contributed by atoms with Crippen LogP contribution in [0.4, 0.5) is 0 Å². The lowest BCUT2D eigenvalue weighted by atomic mass is 9.88. The van der Waals surface area contributed by atoms with E-state index in [0.29, 0.717) is 11.1 Å². The van der Waals surface area contributed by atoms with Crippen molar-refractivity contribution in [3.63, 3.8) is 0 Å². The van der Waals surface area contributed by atoms with Gasteiger partial charge in [-0.1, -0.05) is 37.2 Å². The molecule has 0 saturated heterocycles. The highest BCUT2D eigenvalue weighted by Crippen LogP contribution is 2.29. The number of aryl methyl sites for hydroxylation is 1. The van der Waals surface area contributed by atoms with E-state index in [9.17, 15) is 0 Å². The summed E-state index contributed by atoms with van der Waals surface area (Å²) in [6, 6.07) is 6.04. The predicted molar refractivity (Wildman–Crippen MR) is 79.1 cm³/mol. The van der Waals surface area contributed by atoms with Gasteiger partial charge in [-0.2, -0.15) is 0 Å². The topological polar surface area (TPSA) is 35.2 Å². The molecule has 3 heteroatoms. The van der Waals surface area contributed by atoms with E-state index in [1.54, 1.807) is 0 Å². The van der Waals surface area contributed by atoms with Crippen molar-refractivity contribution in [1.82, 2.24) is 0 Å². The van der Waals surface area contributed by atoms with Crippen LogP contribution in [0.2, 0.25) is 0 Å². The van der Waals surface area contributed by atoms with Crippen molar-refractivity contribution >= 4 is 17.2 Å². The number of hydrogen-bond acceptors (Lipinski definition) is 2. The molecule has 1 saturated carbocycles. The molecule has 98 valence electrons. The normalized spacial score (nSPS) is 23.7. The number of ether oxygens (including phenoxy) is 1. The number of nitrogens with two attached hydrogens (primary N) is 1. The number of thiocarbonyl (C=S) groups is 1. The summed E-state index contributed by atoms with van der Waals surface area (Å²) >= 11 is 5.10. The average molecular weight is 263 g/mol. The number of benzene rings is 1. The van der Waals surface area contributed by atoms with Gasteiger partial charge in [0.2, 0.25) is 0 Å². The summed E-state index contributed by atoms with van der Waals surface area (Å²) in [6.45, 7) is 4.33. The van der Waals surface area contributed by atoms with Crippen molar-refractivity contribution in [1.29, 1.82) is 0 Å². The van der Waals surface area contributed by atoms with Crippen LogP contribution in [0.25, 0.3) is 0 Å². The van der Waals surface area contributed by atoms with E-state index in [2.05, 4.69) is 6.92 Å². The van der Waals surface area contributed by atoms with Crippen LogP contribution >= 0.6 is 12.2 Å². The van der Waals surface area contributed by atoms with Crippen LogP contribution in [0.1, 0.15) is 43.7 Å². The first-order valence-corrected chi connectivity index (χ1v) is 7.04. The molecule has 0 aliphatic heterocycles. The molecule has 0 bridgehead atoms. The molecule has 0 amide bonds. The fourth-order valence-electron chi connectivity index (χ4n) is 2.60. The third kappa shape index (κ3) is 3.22. The highest BCUT2D eigenvalue weighted by Gasteiger charge is 2.21. The van der Waals surface area contributed by atoms with Gasteiger partial charge in [0.25, 0.3) is 0 Å². The smallest absolute Gasteiger partial charge is 0.129 e. The third-order valence-electron chi connectivity index (χ3n) is 3.58. The van der Waals surface area contributed by atoms with Crippen molar-refractivity contribution in [2.75, 3.05) is 0 Å². The van der Waals surface area contributed by atoms with Crippen molar-refractivity contribution in [3.05, 3.63) is 29.3 Å². The molecule has 2 nitrogen and oxygen atoms in total. The van der Waals surface area contributed by atoms with Crippen LogP contribution < -0.4 is 10.5 Å². The largest absolute Gasteiger partial charge is 0.490 e. The molecule has 2 rings (SSSR count). The SMILES string of the molecule is Cc1ccc(OC2CCCC(C)C2)c(C(N)=S)c1. The van der Waals surface area contributed by atoms with Gasteiger partial charge in [0.1, 0.15) is 10.7 Å². The van der Waals surface area contributed by atoms with Crippen LogP contribution in [0.3, 0.4) is 0 Å². The summed E-state index contributed by atoms with van der Waals surface area (Å²) in [7, 11) is 0. The lowest BCUT2D eigenvalue weighted by Crippen LogP contribution is -2.25. The van der Waals surface area contributed by atoms with E-state index in [1.165, 1.54) is 12.8 Å². The molecule has 1 aromatic rings. The van der Waals surface area contributed by atoms with Crippen LogP contribution in [-0.4, -0.2) is 11.1 Å². The summed E-state index contributed by atoms with van der Waals surface area (Å²) in [4.78, 5) is 0.414. The first-order valence-electron chi connectivity index (χ1n) is 6.63. The first kappa shape index (κ1) is 13.3. The molecule has 0 aromatic heterocycles. The summed E-state index contributed by atoms with van der Waals surface area (Å²) in [5.74, 6) is 1.59. The molecule has 18 heavy (non-hydrogen) atoms. The summed E-state index contributed by atoms with van der Waals surface area (Å²) < 4.78 is 6.11. The Kier molecular flexibility index (Phi) is 4.23. The van der Waals surface area contributed by atoms with Crippen LogP contribution in [0, 0.1) is 12.8 Å². The second kappa shape index (κ2) is 5.70. The minimum atomic E-state index is 0.310. The van der Waals surface area contributed by atoms with Crippen LogP contribution in [-0.2, 0) is 0 Å². The second-order valence-electron chi connectivity index (χ2n) is 5.38. The molecule has 1 aromatic carbocycles. The number of rotatable bonds is 3. The standard InChI is InChI=1S/C15H21NOS/c1-10-4-3-5-12(8-10)17-14-7-6-11(2)9-13(14)15(16)18/h6-7,9-10,12H,3-5,8H2,1-2H3,(H2,16,18). The second-order valence-corrected chi connectivity index (χ2v) is 5.82. The van der Waals surface area contributed by atoms with Crippen molar-refractivity contribution in [2.24, 2.45) is 11.7 Å². The lowest BCUT2D eigenvalue weighted by molar-refractivity contribution is 0.129. The molecular formula is C15H21NOS. The summed E-state index contributed by atoms with van der Waals surface area (Å²) in [5.41, 5.74) is 7.79. The first-order chi connectivity index (χ1) is 8.56. The molecule has 0 heterocycles. The van der Waals surface area contributed by atoms with E-state index < -0.39 is 0 Å². The maximum absolute atomic E-state index is 6.11. The highest BCUT2D eigenvalue weighted by molar-refractivity contribution is 7.80. The summed E-state index contributed by atoms with van der Waals surface area (Å²) in [6.07, 6.45) is 5.14. The maximum Gasteiger partial charge on any atom is 0.129 e. The highest BCUT2D eigenvalue weighted by atomic mass is 32.1. The molecule has 1 aliphatic rings. The minimum Gasteiger partial charge on any atom is -0.490 e. The van der Waals surface area contributed by atoms with Gasteiger partial charge in [-0.05, 0) is 44.2 Å².